The summed E-state index contributed by atoms with van der Waals surface area (Å²) in [5.74, 6) is 1.08. The molecule has 1 saturated heterocycles. The normalized spacial score (nSPS) is 21.1. The summed E-state index contributed by atoms with van der Waals surface area (Å²) in [5, 5.41) is -0.526. The molecule has 0 bridgehead atoms. The first-order valence-corrected chi connectivity index (χ1v) is 9.17. The van der Waals surface area contributed by atoms with E-state index < -0.39 is 21.2 Å². The van der Waals surface area contributed by atoms with Gasteiger partial charge in [-0.15, -0.1) is 0 Å². The van der Waals surface area contributed by atoms with Gasteiger partial charge in [0.05, 0.1) is 6.61 Å². The van der Waals surface area contributed by atoms with Gasteiger partial charge in [-0.05, 0) is 6.92 Å². The molecule has 1 fully saturated rings. The summed E-state index contributed by atoms with van der Waals surface area (Å²) in [6.45, 7) is 8.26. The maximum Gasteiger partial charge on any atom is 0.334 e. The molecule has 0 saturated carbocycles. The van der Waals surface area contributed by atoms with E-state index in [2.05, 4.69) is 6.58 Å². The van der Waals surface area contributed by atoms with Gasteiger partial charge in [-0.25, -0.2) is 13.2 Å². The van der Waals surface area contributed by atoms with Crippen LogP contribution in [0.1, 0.15) is 13.8 Å². The average Bonchev–Trinajstić information content (AvgIpc) is 2.39. The Hall–Kier alpha value is -0.530. The van der Waals surface area contributed by atoms with Crippen LogP contribution in [0.4, 0.5) is 0 Å². The second kappa shape index (κ2) is 7.31. The summed E-state index contributed by atoms with van der Waals surface area (Å²) in [6, 6.07) is 0. The van der Waals surface area contributed by atoms with Crippen LogP contribution in [-0.4, -0.2) is 61.6 Å². The molecule has 5 nitrogen and oxygen atoms in total. The highest BCUT2D eigenvalue weighted by Gasteiger charge is 2.33. The number of nitrogens with zero attached hydrogens (tertiary/aromatic N) is 1. The number of thioether (sulfide) groups is 1. The van der Waals surface area contributed by atoms with E-state index in [0.29, 0.717) is 24.5 Å². The molecule has 19 heavy (non-hydrogen) atoms. The van der Waals surface area contributed by atoms with Crippen molar-refractivity contribution in [2.45, 2.75) is 19.2 Å². The smallest absolute Gasteiger partial charge is 0.334 e. The van der Waals surface area contributed by atoms with Crippen LogP contribution < -0.4 is 0 Å². The molecule has 1 heterocycles. The number of rotatable bonds is 6. The zero-order chi connectivity index (χ0) is 14.5. The number of hydrogen-bond acceptors (Lipinski definition) is 6. The Kier molecular flexibility index (Phi) is 6.35. The summed E-state index contributed by atoms with van der Waals surface area (Å²) in [7, 11) is -3.14. The lowest BCUT2D eigenvalue weighted by molar-refractivity contribution is -0.138. The fourth-order valence-electron chi connectivity index (χ4n) is 1.86. The van der Waals surface area contributed by atoms with E-state index in [1.54, 1.807) is 25.6 Å². The standard InChI is InChI=1S/C12H21NO4S2/c1-4-17-12(14)10(3)8-13-6-7-18-9-11(13)19(15,16)5-2/h11H,3-9H2,1-2H3. The molecule has 0 aliphatic carbocycles. The van der Waals surface area contributed by atoms with E-state index in [4.69, 9.17) is 4.74 Å². The predicted molar refractivity (Wildman–Crippen MR) is 77.9 cm³/mol. The van der Waals surface area contributed by atoms with Crippen molar-refractivity contribution < 1.29 is 17.9 Å². The van der Waals surface area contributed by atoms with Gasteiger partial charge in [-0.2, -0.15) is 11.8 Å². The second-order valence-electron chi connectivity index (χ2n) is 4.28. The zero-order valence-electron chi connectivity index (χ0n) is 11.4. The van der Waals surface area contributed by atoms with E-state index in [1.807, 2.05) is 4.90 Å². The minimum atomic E-state index is -3.14. The predicted octanol–water partition coefficient (Wildman–Crippen LogP) is 0.915. The first-order chi connectivity index (χ1) is 8.92. The monoisotopic (exact) mass is 307 g/mol. The molecule has 7 heteroatoms. The Morgan fingerprint density at radius 3 is 2.74 bits per heavy atom. The van der Waals surface area contributed by atoms with Crippen LogP contribution in [0.5, 0.6) is 0 Å². The average molecular weight is 307 g/mol. The molecule has 1 rings (SSSR count). The lowest BCUT2D eigenvalue weighted by atomic mass is 10.3. The Balaban J connectivity index is 2.73. The number of hydrogen-bond donors (Lipinski definition) is 0. The summed E-state index contributed by atoms with van der Waals surface area (Å²) in [5.41, 5.74) is 0.310. The van der Waals surface area contributed by atoms with Gasteiger partial charge < -0.3 is 4.74 Å². The third-order valence-corrected chi connectivity index (χ3v) is 6.30. The maximum atomic E-state index is 12.0. The van der Waals surface area contributed by atoms with Crippen LogP contribution in [0.2, 0.25) is 0 Å². The highest BCUT2D eigenvalue weighted by Crippen LogP contribution is 2.22. The van der Waals surface area contributed by atoms with Crippen LogP contribution >= 0.6 is 11.8 Å². The molecule has 0 aromatic rings. The molecular formula is C12H21NO4S2. The Bertz CT molecular complexity index is 433. The Morgan fingerprint density at radius 1 is 1.47 bits per heavy atom. The van der Waals surface area contributed by atoms with Gasteiger partial charge in [-0.3, -0.25) is 4.90 Å². The van der Waals surface area contributed by atoms with Crippen LogP contribution in [0.3, 0.4) is 0 Å². The molecular weight excluding hydrogens is 286 g/mol. The summed E-state index contributed by atoms with van der Waals surface area (Å²) < 4.78 is 29.0. The van der Waals surface area contributed by atoms with Gasteiger partial charge in [-0.1, -0.05) is 13.5 Å². The van der Waals surface area contributed by atoms with Crippen LogP contribution in [0, 0.1) is 0 Å². The molecule has 0 aromatic carbocycles. The summed E-state index contributed by atoms with van der Waals surface area (Å²) in [6.07, 6.45) is 0. The van der Waals surface area contributed by atoms with E-state index in [9.17, 15) is 13.2 Å². The second-order valence-corrected chi connectivity index (χ2v) is 7.87. The highest BCUT2D eigenvalue weighted by atomic mass is 32.2. The molecule has 1 aliphatic heterocycles. The van der Waals surface area contributed by atoms with Gasteiger partial charge in [0, 0.05) is 35.9 Å². The van der Waals surface area contributed by atoms with E-state index in [1.165, 1.54) is 0 Å². The number of carbonyl (C=O) groups excluding carboxylic acids is 1. The van der Waals surface area contributed by atoms with Gasteiger partial charge in [0.1, 0.15) is 5.37 Å². The van der Waals surface area contributed by atoms with Gasteiger partial charge in [0.15, 0.2) is 9.84 Å². The third-order valence-electron chi connectivity index (χ3n) is 2.97. The molecule has 0 radical (unpaired) electrons. The van der Waals surface area contributed by atoms with Crippen molar-refractivity contribution in [2.75, 3.05) is 37.0 Å². The number of carbonyl (C=O) groups is 1. The van der Waals surface area contributed by atoms with Crippen LogP contribution in [0.25, 0.3) is 0 Å². The Morgan fingerprint density at radius 2 is 2.16 bits per heavy atom. The van der Waals surface area contributed by atoms with Crippen molar-refractivity contribution in [3.8, 4) is 0 Å². The van der Waals surface area contributed by atoms with Crippen LogP contribution in [-0.2, 0) is 19.4 Å². The molecule has 0 aromatic heterocycles. The summed E-state index contributed by atoms with van der Waals surface area (Å²) in [4.78, 5) is 13.4. The summed E-state index contributed by atoms with van der Waals surface area (Å²) >= 11 is 1.63. The SMILES string of the molecule is C=C(CN1CCSCC1S(=O)(=O)CC)C(=O)OCC. The van der Waals surface area contributed by atoms with Crippen molar-refractivity contribution >= 4 is 27.6 Å². The fourth-order valence-corrected chi connectivity index (χ4v) is 4.94. The van der Waals surface area contributed by atoms with Gasteiger partial charge in [0.25, 0.3) is 0 Å². The number of ether oxygens (including phenoxy) is 1. The minimum Gasteiger partial charge on any atom is -0.463 e. The molecule has 110 valence electrons. The minimum absolute atomic E-state index is 0.112. The molecule has 1 aliphatic rings. The van der Waals surface area contributed by atoms with Gasteiger partial charge in [0.2, 0.25) is 0 Å². The lowest BCUT2D eigenvalue weighted by Crippen LogP contribution is -2.48. The van der Waals surface area contributed by atoms with E-state index in [0.717, 1.165) is 5.75 Å². The Labute approximate surface area is 119 Å². The molecule has 0 amide bonds. The maximum absolute atomic E-state index is 12.0. The molecule has 0 spiro atoms. The lowest BCUT2D eigenvalue weighted by Gasteiger charge is -2.34. The van der Waals surface area contributed by atoms with Crippen molar-refractivity contribution in [1.82, 2.24) is 4.90 Å². The first-order valence-electron chi connectivity index (χ1n) is 6.30. The van der Waals surface area contributed by atoms with Crippen LogP contribution in [0.15, 0.2) is 12.2 Å². The van der Waals surface area contributed by atoms with E-state index in [-0.39, 0.29) is 12.3 Å². The van der Waals surface area contributed by atoms with Crippen molar-refractivity contribution in [2.24, 2.45) is 0 Å². The molecule has 1 unspecified atom stereocenters. The van der Waals surface area contributed by atoms with Crippen molar-refractivity contribution in [3.63, 3.8) is 0 Å². The van der Waals surface area contributed by atoms with E-state index >= 15 is 0 Å². The quantitative estimate of drug-likeness (QED) is 0.537. The van der Waals surface area contributed by atoms with Crippen molar-refractivity contribution in [3.05, 3.63) is 12.2 Å². The zero-order valence-corrected chi connectivity index (χ0v) is 13.1. The third kappa shape index (κ3) is 4.50. The first kappa shape index (κ1) is 16.5. The highest BCUT2D eigenvalue weighted by molar-refractivity contribution is 8.01. The number of esters is 1. The fraction of sp³-hybridized carbons (Fsp3) is 0.750. The molecule has 1 atom stereocenters. The van der Waals surface area contributed by atoms with Crippen molar-refractivity contribution in [1.29, 1.82) is 0 Å². The topological polar surface area (TPSA) is 63.7 Å². The largest absolute Gasteiger partial charge is 0.463 e. The molecule has 0 N–H and O–H groups in total. The number of sulfone groups is 1. The van der Waals surface area contributed by atoms with Gasteiger partial charge >= 0.3 is 5.97 Å².